The highest BCUT2D eigenvalue weighted by Gasteiger charge is 2.32. The molecule has 5 heteroatoms. The first-order chi connectivity index (χ1) is 7.13. The summed E-state index contributed by atoms with van der Waals surface area (Å²) in [7, 11) is 0. The maximum Gasteiger partial charge on any atom is 0.246 e. The third-order valence-electron chi connectivity index (χ3n) is 2.32. The lowest BCUT2D eigenvalue weighted by Crippen LogP contribution is -2.27. The van der Waals surface area contributed by atoms with Crippen LogP contribution in [0.4, 0.5) is 10.1 Å². The van der Waals surface area contributed by atoms with E-state index in [1.54, 1.807) is 6.07 Å². The molecule has 0 aromatic heterocycles. The number of hydrogen-bond donors (Lipinski definition) is 2. The summed E-state index contributed by atoms with van der Waals surface area (Å²) in [5.41, 5.74) is 0.808. The molecule has 1 aromatic rings. The molecule has 1 atom stereocenters. The molecule has 0 aliphatic carbocycles. The van der Waals surface area contributed by atoms with Crippen molar-refractivity contribution >= 4 is 23.2 Å². The van der Waals surface area contributed by atoms with E-state index in [9.17, 15) is 9.18 Å². The molecule has 1 unspecified atom stereocenters. The van der Waals surface area contributed by atoms with E-state index in [4.69, 9.17) is 11.6 Å². The smallest absolute Gasteiger partial charge is 0.246 e. The van der Waals surface area contributed by atoms with E-state index < -0.39 is 11.9 Å². The molecular formula is C10H10ClFN2O. The molecule has 1 aliphatic heterocycles. The van der Waals surface area contributed by atoms with Crippen LogP contribution in [0.3, 0.4) is 0 Å². The second kappa shape index (κ2) is 3.79. The highest BCUT2D eigenvalue weighted by atomic mass is 35.5. The van der Waals surface area contributed by atoms with Gasteiger partial charge in [0.1, 0.15) is 11.9 Å². The van der Waals surface area contributed by atoms with Crippen molar-refractivity contribution in [2.75, 3.05) is 11.9 Å². The first-order valence-electron chi connectivity index (χ1n) is 4.66. The summed E-state index contributed by atoms with van der Waals surface area (Å²) in [4.78, 5) is 11.5. The van der Waals surface area contributed by atoms with Crippen molar-refractivity contribution in [2.24, 2.45) is 0 Å². The number of halogens is 2. The summed E-state index contributed by atoms with van der Waals surface area (Å²) >= 11 is 5.73. The fraction of sp³-hybridized carbons (Fsp3) is 0.300. The molecule has 0 fully saturated rings. The Morgan fingerprint density at radius 3 is 3.00 bits per heavy atom. The molecule has 1 amide bonds. The molecule has 1 aliphatic rings. The van der Waals surface area contributed by atoms with Crippen molar-refractivity contribution in [1.29, 1.82) is 0 Å². The van der Waals surface area contributed by atoms with Crippen molar-refractivity contribution in [3.8, 4) is 0 Å². The Hall–Kier alpha value is -1.13. The third kappa shape index (κ3) is 1.70. The summed E-state index contributed by atoms with van der Waals surface area (Å²) in [6.07, 6.45) is 0. The Morgan fingerprint density at radius 2 is 2.33 bits per heavy atom. The van der Waals surface area contributed by atoms with E-state index >= 15 is 0 Å². The topological polar surface area (TPSA) is 41.1 Å². The summed E-state index contributed by atoms with van der Waals surface area (Å²) in [5.74, 6) is -0.737. The van der Waals surface area contributed by atoms with Crippen molar-refractivity contribution < 1.29 is 9.18 Å². The number of carbonyl (C=O) groups excluding carboxylic acids is 1. The number of hydrogen-bond acceptors (Lipinski definition) is 2. The Bertz CT molecular complexity index is 422. The lowest BCUT2D eigenvalue weighted by molar-refractivity contribution is -0.117. The maximum absolute atomic E-state index is 13.4. The monoisotopic (exact) mass is 228 g/mol. The van der Waals surface area contributed by atoms with E-state index in [-0.39, 0.29) is 11.6 Å². The average Bonchev–Trinajstić information content (AvgIpc) is 2.46. The molecule has 2 N–H and O–H groups in total. The zero-order valence-corrected chi connectivity index (χ0v) is 8.86. The summed E-state index contributed by atoms with van der Waals surface area (Å²) in [6, 6.07) is 2.29. The average molecular weight is 229 g/mol. The number of nitrogens with one attached hydrogen (secondary N) is 2. The predicted molar refractivity (Wildman–Crippen MR) is 56.5 cm³/mol. The van der Waals surface area contributed by atoms with Gasteiger partial charge >= 0.3 is 0 Å². The lowest BCUT2D eigenvalue weighted by atomic mass is 10.1. The van der Waals surface area contributed by atoms with Gasteiger partial charge in [-0.2, -0.15) is 0 Å². The second-order valence-corrected chi connectivity index (χ2v) is 3.77. The zero-order valence-electron chi connectivity index (χ0n) is 8.10. The minimum atomic E-state index is -0.502. The van der Waals surface area contributed by atoms with Gasteiger partial charge in [0.2, 0.25) is 5.91 Å². The highest BCUT2D eigenvalue weighted by Crippen LogP contribution is 2.35. The van der Waals surface area contributed by atoms with Crippen LogP contribution in [0.5, 0.6) is 0 Å². The lowest BCUT2D eigenvalue weighted by Gasteiger charge is -2.09. The normalized spacial score (nSPS) is 18.9. The predicted octanol–water partition coefficient (Wildman–Crippen LogP) is 2.08. The van der Waals surface area contributed by atoms with Crippen molar-refractivity contribution in [2.45, 2.75) is 13.0 Å². The van der Waals surface area contributed by atoms with Crippen molar-refractivity contribution in [3.05, 3.63) is 28.5 Å². The zero-order chi connectivity index (χ0) is 11.0. The fourth-order valence-electron chi connectivity index (χ4n) is 1.70. The Kier molecular flexibility index (Phi) is 2.63. The number of fused-ring (bicyclic) bond motifs is 1. The SMILES string of the molecule is CCNC1C(=O)Nc2c(F)cc(Cl)cc21. The van der Waals surface area contributed by atoms with Crippen LogP contribution in [-0.2, 0) is 4.79 Å². The van der Waals surface area contributed by atoms with Gasteiger partial charge in [-0.15, -0.1) is 0 Å². The Labute approximate surface area is 91.6 Å². The Morgan fingerprint density at radius 1 is 1.60 bits per heavy atom. The van der Waals surface area contributed by atoms with E-state index in [0.717, 1.165) is 0 Å². The molecule has 1 heterocycles. The number of rotatable bonds is 2. The number of anilines is 1. The van der Waals surface area contributed by atoms with Gasteiger partial charge < -0.3 is 10.6 Å². The number of amides is 1. The van der Waals surface area contributed by atoms with Gasteiger partial charge in [-0.1, -0.05) is 18.5 Å². The van der Waals surface area contributed by atoms with E-state index in [1.165, 1.54) is 6.07 Å². The van der Waals surface area contributed by atoms with Crippen molar-refractivity contribution in [3.63, 3.8) is 0 Å². The minimum Gasteiger partial charge on any atom is -0.322 e. The minimum absolute atomic E-state index is 0.232. The van der Waals surface area contributed by atoms with Crippen LogP contribution in [0.25, 0.3) is 0 Å². The molecule has 2 rings (SSSR count). The van der Waals surface area contributed by atoms with Gasteiger partial charge in [0.25, 0.3) is 0 Å². The van der Waals surface area contributed by atoms with Crippen LogP contribution in [0.15, 0.2) is 12.1 Å². The Balaban J connectivity index is 2.48. The molecule has 1 aromatic carbocycles. The van der Waals surface area contributed by atoms with Crippen LogP contribution in [0.1, 0.15) is 18.5 Å². The molecule has 0 radical (unpaired) electrons. The third-order valence-corrected chi connectivity index (χ3v) is 2.53. The van der Waals surface area contributed by atoms with Gasteiger partial charge in [0.15, 0.2) is 0 Å². The molecule has 0 bridgehead atoms. The van der Waals surface area contributed by atoms with Crippen LogP contribution in [0, 0.1) is 5.82 Å². The fourth-order valence-corrected chi connectivity index (χ4v) is 1.91. The quantitative estimate of drug-likeness (QED) is 0.814. The van der Waals surface area contributed by atoms with Gasteiger partial charge in [-0.25, -0.2) is 4.39 Å². The van der Waals surface area contributed by atoms with Crippen molar-refractivity contribution in [1.82, 2.24) is 5.32 Å². The van der Waals surface area contributed by atoms with Gasteiger partial charge in [0, 0.05) is 10.6 Å². The molecule has 0 spiro atoms. The van der Waals surface area contributed by atoms with Crippen LogP contribution < -0.4 is 10.6 Å². The second-order valence-electron chi connectivity index (χ2n) is 3.33. The van der Waals surface area contributed by atoms with Crippen LogP contribution in [0.2, 0.25) is 5.02 Å². The molecule has 0 saturated carbocycles. The number of benzene rings is 1. The van der Waals surface area contributed by atoms with Gasteiger partial charge in [0.05, 0.1) is 5.69 Å². The molecule has 0 saturated heterocycles. The standard InChI is InChI=1S/C10H10ClFN2O/c1-2-13-9-6-3-5(11)4-7(12)8(6)14-10(9)15/h3-4,9,13H,2H2,1H3,(H,14,15). The van der Waals surface area contributed by atoms with Crippen LogP contribution >= 0.6 is 11.6 Å². The first kappa shape index (κ1) is 10.4. The summed E-state index contributed by atoms with van der Waals surface area (Å²) < 4.78 is 13.4. The number of likely N-dealkylation sites (N-methyl/N-ethyl adjacent to an activating group) is 1. The maximum atomic E-state index is 13.4. The van der Waals surface area contributed by atoms with E-state index in [0.29, 0.717) is 17.1 Å². The van der Waals surface area contributed by atoms with Gasteiger partial charge in [-0.3, -0.25) is 4.79 Å². The van der Waals surface area contributed by atoms with Gasteiger partial charge in [-0.05, 0) is 18.7 Å². The summed E-state index contributed by atoms with van der Waals surface area (Å²) in [5, 5.41) is 5.76. The van der Waals surface area contributed by atoms with Crippen LogP contribution in [-0.4, -0.2) is 12.5 Å². The first-order valence-corrected chi connectivity index (χ1v) is 5.04. The largest absolute Gasteiger partial charge is 0.322 e. The van der Waals surface area contributed by atoms with E-state index in [2.05, 4.69) is 10.6 Å². The molecular weight excluding hydrogens is 219 g/mol. The molecule has 80 valence electrons. The van der Waals surface area contributed by atoms with E-state index in [1.807, 2.05) is 6.92 Å². The number of carbonyl (C=O) groups is 1. The molecule has 3 nitrogen and oxygen atoms in total. The highest BCUT2D eigenvalue weighted by molar-refractivity contribution is 6.31. The summed E-state index contributed by atoms with van der Waals surface area (Å²) in [6.45, 7) is 2.51. The molecule has 15 heavy (non-hydrogen) atoms.